The molecule has 1 N–H and O–H groups in total. The molecule has 8 heteroatoms. The summed E-state index contributed by atoms with van der Waals surface area (Å²) in [6.07, 6.45) is 0.141. The van der Waals surface area contributed by atoms with E-state index in [-0.39, 0.29) is 24.1 Å². The van der Waals surface area contributed by atoms with Crippen LogP contribution < -0.4 is 19.9 Å². The highest BCUT2D eigenvalue weighted by atomic mass is 16.5. The maximum absolute atomic E-state index is 13.2. The number of benzene rings is 3. The molecule has 196 valence electrons. The number of nitrogens with one attached hydrogen (secondary N) is 1. The van der Waals surface area contributed by atoms with Gasteiger partial charge in [0.15, 0.2) is 0 Å². The molecule has 5 rings (SSSR count). The van der Waals surface area contributed by atoms with E-state index in [4.69, 9.17) is 4.74 Å². The number of nitrogens with zero attached hydrogens (tertiary/aromatic N) is 3. The molecular formula is C30H32N4O4. The van der Waals surface area contributed by atoms with Gasteiger partial charge >= 0.3 is 0 Å². The summed E-state index contributed by atoms with van der Waals surface area (Å²) in [6, 6.07) is 22.6. The van der Waals surface area contributed by atoms with Gasteiger partial charge in [-0.1, -0.05) is 18.2 Å². The monoisotopic (exact) mass is 512 g/mol. The first kappa shape index (κ1) is 25.3. The van der Waals surface area contributed by atoms with Crippen molar-refractivity contribution in [2.24, 2.45) is 5.92 Å². The molecule has 0 aromatic heterocycles. The summed E-state index contributed by atoms with van der Waals surface area (Å²) in [5, 5.41) is 2.91. The number of carbonyl (C=O) groups is 3. The highest BCUT2D eigenvalue weighted by molar-refractivity contribution is 6.04. The number of carbonyl (C=O) groups excluding carboxylic acids is 3. The number of methoxy groups -OCH3 is 1. The molecule has 1 atom stereocenters. The molecule has 3 amide bonds. The largest absolute Gasteiger partial charge is 0.497 e. The van der Waals surface area contributed by atoms with Crippen molar-refractivity contribution in [3.05, 3.63) is 83.9 Å². The van der Waals surface area contributed by atoms with E-state index in [2.05, 4.69) is 41.4 Å². The first-order valence-corrected chi connectivity index (χ1v) is 12.9. The molecule has 1 unspecified atom stereocenters. The molecule has 8 nitrogen and oxygen atoms in total. The Morgan fingerprint density at radius 3 is 2.34 bits per heavy atom. The minimum Gasteiger partial charge on any atom is -0.497 e. The number of hydrogen-bond acceptors (Lipinski definition) is 5. The lowest BCUT2D eigenvalue weighted by Gasteiger charge is -2.36. The smallest absolute Gasteiger partial charge is 0.254 e. The quantitative estimate of drug-likeness (QED) is 0.541. The van der Waals surface area contributed by atoms with Crippen LogP contribution in [0.25, 0.3) is 0 Å². The Balaban J connectivity index is 1.18. The van der Waals surface area contributed by atoms with Gasteiger partial charge in [0.25, 0.3) is 5.91 Å². The van der Waals surface area contributed by atoms with Crippen LogP contribution in [0.15, 0.2) is 72.8 Å². The van der Waals surface area contributed by atoms with E-state index >= 15 is 0 Å². The number of rotatable bonds is 6. The third-order valence-corrected chi connectivity index (χ3v) is 7.19. The van der Waals surface area contributed by atoms with E-state index in [0.29, 0.717) is 36.6 Å². The molecule has 0 radical (unpaired) electrons. The first-order chi connectivity index (χ1) is 18.4. The summed E-state index contributed by atoms with van der Waals surface area (Å²) in [5.41, 5.74) is 4.22. The zero-order valence-electron chi connectivity index (χ0n) is 21.7. The third-order valence-electron chi connectivity index (χ3n) is 7.19. The van der Waals surface area contributed by atoms with Crippen molar-refractivity contribution in [3.63, 3.8) is 0 Å². The molecule has 38 heavy (non-hydrogen) atoms. The Morgan fingerprint density at radius 1 is 0.895 bits per heavy atom. The predicted octanol–water partition coefficient (Wildman–Crippen LogP) is 3.96. The van der Waals surface area contributed by atoms with Gasteiger partial charge in [-0.15, -0.1) is 0 Å². The van der Waals surface area contributed by atoms with Crippen LogP contribution >= 0.6 is 0 Å². The van der Waals surface area contributed by atoms with Crippen molar-refractivity contribution >= 4 is 34.8 Å². The first-order valence-electron chi connectivity index (χ1n) is 12.9. The second-order valence-corrected chi connectivity index (χ2v) is 9.79. The predicted molar refractivity (Wildman–Crippen MR) is 148 cm³/mol. The molecule has 2 aliphatic rings. The third kappa shape index (κ3) is 5.49. The van der Waals surface area contributed by atoms with Crippen molar-refractivity contribution < 1.29 is 19.1 Å². The van der Waals surface area contributed by atoms with Crippen molar-refractivity contribution in [2.45, 2.75) is 13.3 Å². The Morgan fingerprint density at radius 2 is 1.63 bits per heavy atom. The van der Waals surface area contributed by atoms with E-state index in [0.717, 1.165) is 18.8 Å². The van der Waals surface area contributed by atoms with E-state index in [1.54, 1.807) is 48.4 Å². The Labute approximate surface area is 222 Å². The number of aryl methyl sites for hydroxylation is 1. The SMILES string of the molecule is COc1ccc(N2CC(C(=O)Nc3cccc(C(=O)N4CCN(c5cccc(C)c5)CC4)c3)CC2=O)cc1. The van der Waals surface area contributed by atoms with Crippen molar-refractivity contribution in [3.8, 4) is 5.75 Å². The molecule has 0 spiro atoms. The van der Waals surface area contributed by atoms with E-state index in [1.165, 1.54) is 11.3 Å². The highest BCUT2D eigenvalue weighted by Gasteiger charge is 2.35. The van der Waals surface area contributed by atoms with E-state index in [1.807, 2.05) is 17.0 Å². The van der Waals surface area contributed by atoms with Gasteiger partial charge in [0.05, 0.1) is 13.0 Å². The second-order valence-electron chi connectivity index (χ2n) is 9.79. The number of hydrogen-bond donors (Lipinski definition) is 1. The molecule has 2 heterocycles. The molecule has 0 aliphatic carbocycles. The van der Waals surface area contributed by atoms with Crippen molar-refractivity contribution in [2.75, 3.05) is 55.0 Å². The topological polar surface area (TPSA) is 82.2 Å². The fourth-order valence-corrected chi connectivity index (χ4v) is 5.04. The standard InChI is InChI=1S/C30H32N4O4/c1-21-5-3-8-26(17-21)32-13-15-33(16-14-32)30(37)22-6-4-7-24(18-22)31-29(36)23-19-28(35)34(20-23)25-9-11-27(38-2)12-10-25/h3-12,17-18,23H,13-16,19-20H2,1-2H3,(H,31,36). The lowest BCUT2D eigenvalue weighted by Crippen LogP contribution is -2.48. The van der Waals surface area contributed by atoms with Gasteiger partial charge in [0.1, 0.15) is 5.75 Å². The Bertz CT molecular complexity index is 1330. The van der Waals surface area contributed by atoms with E-state index < -0.39 is 5.92 Å². The van der Waals surface area contributed by atoms with Gasteiger partial charge in [-0.2, -0.15) is 0 Å². The molecule has 2 fully saturated rings. The number of ether oxygens (including phenoxy) is 1. The van der Waals surface area contributed by atoms with Gasteiger partial charge in [-0.3, -0.25) is 14.4 Å². The van der Waals surface area contributed by atoms with Crippen LogP contribution in [0.2, 0.25) is 0 Å². The lowest BCUT2D eigenvalue weighted by molar-refractivity contribution is -0.122. The Kier molecular flexibility index (Phi) is 7.31. The molecule has 3 aromatic carbocycles. The maximum Gasteiger partial charge on any atom is 0.254 e. The summed E-state index contributed by atoms with van der Waals surface area (Å²) in [7, 11) is 1.59. The van der Waals surface area contributed by atoms with Crippen LogP contribution in [0.3, 0.4) is 0 Å². The summed E-state index contributed by atoms with van der Waals surface area (Å²) >= 11 is 0. The average Bonchev–Trinajstić information content (AvgIpc) is 3.34. The van der Waals surface area contributed by atoms with Crippen molar-refractivity contribution in [1.29, 1.82) is 0 Å². The van der Waals surface area contributed by atoms with Crippen LogP contribution in [0.1, 0.15) is 22.3 Å². The molecular weight excluding hydrogens is 480 g/mol. The number of piperazine rings is 1. The second kappa shape index (κ2) is 11.0. The van der Waals surface area contributed by atoms with Gasteiger partial charge in [-0.25, -0.2) is 0 Å². The molecule has 0 bridgehead atoms. The summed E-state index contributed by atoms with van der Waals surface area (Å²) < 4.78 is 5.18. The fraction of sp³-hybridized carbons (Fsp3) is 0.300. The minimum absolute atomic E-state index is 0.0493. The van der Waals surface area contributed by atoms with E-state index in [9.17, 15) is 14.4 Å². The highest BCUT2D eigenvalue weighted by Crippen LogP contribution is 2.28. The zero-order valence-corrected chi connectivity index (χ0v) is 21.7. The average molecular weight is 513 g/mol. The summed E-state index contributed by atoms with van der Waals surface area (Å²) in [5.74, 6) is -0.141. The van der Waals surface area contributed by atoms with Crippen LogP contribution in [-0.2, 0) is 9.59 Å². The number of anilines is 3. The normalized spacial score (nSPS) is 17.5. The molecule has 0 saturated carbocycles. The molecule has 2 saturated heterocycles. The lowest BCUT2D eigenvalue weighted by atomic mass is 10.1. The van der Waals surface area contributed by atoms with Gasteiger partial charge in [-0.05, 0) is 67.1 Å². The number of amides is 3. The molecule has 3 aromatic rings. The maximum atomic E-state index is 13.2. The molecule has 2 aliphatic heterocycles. The van der Waals surface area contributed by atoms with Crippen LogP contribution in [-0.4, -0.2) is 62.5 Å². The van der Waals surface area contributed by atoms with Crippen LogP contribution in [0.5, 0.6) is 5.75 Å². The van der Waals surface area contributed by atoms with Gasteiger partial charge < -0.3 is 24.8 Å². The van der Waals surface area contributed by atoms with Gasteiger partial charge in [0.2, 0.25) is 11.8 Å². The summed E-state index contributed by atoms with van der Waals surface area (Å²) in [4.78, 5) is 44.6. The zero-order chi connectivity index (χ0) is 26.6. The van der Waals surface area contributed by atoms with Gasteiger partial charge in [0, 0.05) is 61.8 Å². The Hall–Kier alpha value is -4.33. The van der Waals surface area contributed by atoms with Crippen LogP contribution in [0.4, 0.5) is 17.1 Å². The van der Waals surface area contributed by atoms with Crippen molar-refractivity contribution in [1.82, 2.24) is 4.90 Å². The van der Waals surface area contributed by atoms with Crippen LogP contribution in [0, 0.1) is 12.8 Å². The minimum atomic E-state index is -0.473. The summed E-state index contributed by atoms with van der Waals surface area (Å²) in [6.45, 7) is 5.19. The fourth-order valence-electron chi connectivity index (χ4n) is 5.04.